The van der Waals surface area contributed by atoms with E-state index in [-0.39, 0.29) is 23.3 Å². The maximum Gasteiger partial charge on any atom is 0.243 e. The van der Waals surface area contributed by atoms with Crippen molar-refractivity contribution in [2.75, 3.05) is 19.6 Å². The Morgan fingerprint density at radius 3 is 2.73 bits per heavy atom. The number of nitrogens with zero attached hydrogens (tertiary/aromatic N) is 2. The number of amides is 1. The number of hydrogen-bond acceptors (Lipinski definition) is 3. The highest BCUT2D eigenvalue weighted by Gasteiger charge is 2.33. The summed E-state index contributed by atoms with van der Waals surface area (Å²) in [5.41, 5.74) is 2.16. The standard InChI is InChI=1S/C23H27N3O3S/c1-25-15-12-19-16-21(9-10-22(19)25)30(28,29)26-14-5-8-20(17-26)23(27)24-13-11-18-6-3-2-4-7-18/h2-4,6-7,9-10,12,15-16,20H,5,8,11,13-14,17H2,1H3,(H,24,27)/t20-/m1/s1. The van der Waals surface area contributed by atoms with Crippen LogP contribution < -0.4 is 5.32 Å². The Balaban J connectivity index is 1.41. The Morgan fingerprint density at radius 1 is 1.13 bits per heavy atom. The number of nitrogens with one attached hydrogen (secondary N) is 1. The molecule has 6 nitrogen and oxygen atoms in total. The second-order valence-corrected chi connectivity index (χ2v) is 9.81. The van der Waals surface area contributed by atoms with Crippen LogP contribution in [0.15, 0.2) is 65.7 Å². The molecule has 30 heavy (non-hydrogen) atoms. The Labute approximate surface area is 177 Å². The van der Waals surface area contributed by atoms with Crippen molar-refractivity contribution in [3.8, 4) is 0 Å². The minimum absolute atomic E-state index is 0.0654. The van der Waals surface area contributed by atoms with Crippen molar-refractivity contribution in [3.05, 3.63) is 66.4 Å². The maximum absolute atomic E-state index is 13.2. The quantitative estimate of drug-likeness (QED) is 0.660. The lowest BCUT2D eigenvalue weighted by Gasteiger charge is -2.31. The van der Waals surface area contributed by atoms with Gasteiger partial charge in [0.05, 0.1) is 10.8 Å². The number of carbonyl (C=O) groups excluding carboxylic acids is 1. The van der Waals surface area contributed by atoms with Crippen LogP contribution in [-0.4, -0.2) is 42.8 Å². The number of rotatable bonds is 6. The molecule has 3 aromatic rings. The molecule has 158 valence electrons. The molecule has 2 heterocycles. The van der Waals surface area contributed by atoms with Crippen LogP contribution in [0.25, 0.3) is 10.9 Å². The van der Waals surface area contributed by atoms with Crippen molar-refractivity contribution in [1.29, 1.82) is 0 Å². The van der Waals surface area contributed by atoms with Gasteiger partial charge in [0.2, 0.25) is 15.9 Å². The zero-order valence-electron chi connectivity index (χ0n) is 17.1. The average molecular weight is 426 g/mol. The minimum Gasteiger partial charge on any atom is -0.355 e. The molecule has 1 fully saturated rings. The van der Waals surface area contributed by atoms with E-state index in [9.17, 15) is 13.2 Å². The molecule has 0 spiro atoms. The summed E-state index contributed by atoms with van der Waals surface area (Å²) < 4.78 is 29.8. The van der Waals surface area contributed by atoms with E-state index < -0.39 is 10.0 Å². The average Bonchev–Trinajstić information content (AvgIpc) is 3.15. The summed E-state index contributed by atoms with van der Waals surface area (Å²) in [7, 11) is -1.70. The predicted molar refractivity (Wildman–Crippen MR) is 118 cm³/mol. The number of carbonyl (C=O) groups is 1. The topological polar surface area (TPSA) is 71.4 Å². The summed E-state index contributed by atoms with van der Waals surface area (Å²) in [5.74, 6) is -0.380. The first kappa shape index (κ1) is 20.6. The van der Waals surface area contributed by atoms with Gasteiger partial charge in [-0.2, -0.15) is 4.31 Å². The smallest absolute Gasteiger partial charge is 0.243 e. The molecule has 1 saturated heterocycles. The van der Waals surface area contributed by atoms with Crippen LogP contribution in [-0.2, 0) is 28.3 Å². The summed E-state index contributed by atoms with van der Waals surface area (Å²) in [5, 5.41) is 3.87. The van der Waals surface area contributed by atoms with Crippen molar-refractivity contribution < 1.29 is 13.2 Å². The number of aromatic nitrogens is 1. The first-order valence-electron chi connectivity index (χ1n) is 10.3. The molecule has 0 radical (unpaired) electrons. The fraction of sp³-hybridized carbons (Fsp3) is 0.348. The van der Waals surface area contributed by atoms with E-state index in [0.29, 0.717) is 25.9 Å². The minimum atomic E-state index is -3.63. The van der Waals surface area contributed by atoms with Crippen molar-refractivity contribution in [3.63, 3.8) is 0 Å². The first-order chi connectivity index (χ1) is 14.4. The van der Waals surface area contributed by atoms with Gasteiger partial charge in [-0.1, -0.05) is 30.3 Å². The van der Waals surface area contributed by atoms with E-state index >= 15 is 0 Å². The summed E-state index contributed by atoms with van der Waals surface area (Å²) >= 11 is 0. The monoisotopic (exact) mass is 425 g/mol. The molecular formula is C23H27N3O3S. The fourth-order valence-corrected chi connectivity index (χ4v) is 5.62. The van der Waals surface area contributed by atoms with Crippen LogP contribution in [0.4, 0.5) is 0 Å². The number of sulfonamides is 1. The Kier molecular flexibility index (Phi) is 5.92. The Morgan fingerprint density at radius 2 is 1.93 bits per heavy atom. The van der Waals surface area contributed by atoms with Crippen molar-refractivity contribution in [2.24, 2.45) is 13.0 Å². The van der Waals surface area contributed by atoms with Crippen molar-refractivity contribution in [2.45, 2.75) is 24.2 Å². The second kappa shape index (κ2) is 8.62. The van der Waals surface area contributed by atoms with Crippen LogP contribution in [0.5, 0.6) is 0 Å². The molecule has 1 aliphatic heterocycles. The molecule has 2 aromatic carbocycles. The number of benzene rings is 2. The zero-order chi connectivity index (χ0) is 21.1. The molecule has 1 amide bonds. The van der Waals surface area contributed by atoms with E-state index in [1.54, 1.807) is 12.1 Å². The zero-order valence-corrected chi connectivity index (χ0v) is 17.9. The Hall–Kier alpha value is -2.64. The van der Waals surface area contributed by atoms with E-state index in [0.717, 1.165) is 17.3 Å². The van der Waals surface area contributed by atoms with Gasteiger partial charge < -0.3 is 9.88 Å². The molecule has 0 aliphatic carbocycles. The largest absolute Gasteiger partial charge is 0.355 e. The van der Waals surface area contributed by atoms with Gasteiger partial charge in [0.1, 0.15) is 0 Å². The van der Waals surface area contributed by atoms with E-state index in [4.69, 9.17) is 0 Å². The third kappa shape index (κ3) is 4.27. The highest BCUT2D eigenvalue weighted by atomic mass is 32.2. The molecule has 1 atom stereocenters. The van der Waals surface area contributed by atoms with Gasteiger partial charge in [-0.05, 0) is 49.1 Å². The van der Waals surface area contributed by atoms with Crippen LogP contribution in [0.1, 0.15) is 18.4 Å². The van der Waals surface area contributed by atoms with Crippen molar-refractivity contribution in [1.82, 2.24) is 14.2 Å². The number of hydrogen-bond donors (Lipinski definition) is 1. The molecule has 4 rings (SSSR count). The fourth-order valence-electron chi connectivity index (χ4n) is 4.06. The second-order valence-electron chi connectivity index (χ2n) is 7.88. The predicted octanol–water partition coefficient (Wildman–Crippen LogP) is 2.94. The molecule has 1 aromatic heterocycles. The van der Waals surface area contributed by atoms with Crippen LogP contribution in [0, 0.1) is 5.92 Å². The maximum atomic E-state index is 13.2. The summed E-state index contributed by atoms with van der Waals surface area (Å²) in [4.78, 5) is 12.9. The van der Waals surface area contributed by atoms with Gasteiger partial charge >= 0.3 is 0 Å². The number of fused-ring (bicyclic) bond motifs is 1. The highest BCUT2D eigenvalue weighted by Crippen LogP contribution is 2.26. The van der Waals surface area contributed by atoms with Crippen LogP contribution in [0.3, 0.4) is 0 Å². The van der Waals surface area contributed by atoms with Gasteiger partial charge in [-0.25, -0.2) is 8.42 Å². The normalized spacial score (nSPS) is 17.8. The van der Waals surface area contributed by atoms with E-state index in [2.05, 4.69) is 5.32 Å². The molecular weight excluding hydrogens is 398 g/mol. The van der Waals surface area contributed by atoms with Crippen LogP contribution >= 0.6 is 0 Å². The van der Waals surface area contributed by atoms with Gasteiger partial charge in [0.25, 0.3) is 0 Å². The van der Waals surface area contributed by atoms with Gasteiger partial charge in [0.15, 0.2) is 0 Å². The van der Waals surface area contributed by atoms with Gasteiger partial charge in [-0.15, -0.1) is 0 Å². The summed E-state index contributed by atoms with van der Waals surface area (Å²) in [6, 6.07) is 17.1. The van der Waals surface area contributed by atoms with E-state index in [1.807, 2.05) is 60.3 Å². The lowest BCUT2D eigenvalue weighted by atomic mass is 9.99. The third-order valence-electron chi connectivity index (χ3n) is 5.81. The Bertz CT molecular complexity index is 1140. The summed E-state index contributed by atoms with van der Waals surface area (Å²) in [6.07, 6.45) is 4.07. The number of aryl methyl sites for hydroxylation is 1. The SMILES string of the molecule is Cn1ccc2cc(S(=O)(=O)N3CCC[C@@H](C(=O)NCCc4ccccc4)C3)ccc21. The molecule has 0 saturated carbocycles. The molecule has 0 bridgehead atoms. The first-order valence-corrected chi connectivity index (χ1v) is 11.8. The van der Waals surface area contributed by atoms with Crippen molar-refractivity contribution >= 4 is 26.8 Å². The highest BCUT2D eigenvalue weighted by molar-refractivity contribution is 7.89. The van der Waals surface area contributed by atoms with Gasteiger partial charge in [0, 0.05) is 43.8 Å². The van der Waals surface area contributed by atoms with Crippen LogP contribution in [0.2, 0.25) is 0 Å². The molecule has 1 aliphatic rings. The molecule has 1 N–H and O–H groups in total. The number of piperidine rings is 1. The molecule has 0 unspecified atom stereocenters. The third-order valence-corrected chi connectivity index (χ3v) is 7.67. The molecule has 7 heteroatoms. The van der Waals surface area contributed by atoms with E-state index in [1.165, 1.54) is 9.87 Å². The lowest BCUT2D eigenvalue weighted by molar-refractivity contribution is -0.126. The lowest BCUT2D eigenvalue weighted by Crippen LogP contribution is -2.45. The van der Waals surface area contributed by atoms with Gasteiger partial charge in [-0.3, -0.25) is 4.79 Å². The summed E-state index contributed by atoms with van der Waals surface area (Å²) in [6.45, 7) is 1.23.